The van der Waals surface area contributed by atoms with Gasteiger partial charge in [-0.25, -0.2) is 27.5 Å². The molecule has 0 saturated carbocycles. The summed E-state index contributed by atoms with van der Waals surface area (Å²) in [4.78, 5) is 20.8. The molecule has 4 heterocycles. The van der Waals surface area contributed by atoms with E-state index in [1.807, 2.05) is 18.5 Å². The maximum Gasteiger partial charge on any atom is 0.490 e. The van der Waals surface area contributed by atoms with Crippen LogP contribution in [-0.2, 0) is 20.2 Å². The lowest BCUT2D eigenvalue weighted by atomic mass is 9.66. The van der Waals surface area contributed by atoms with Crippen LogP contribution in [-0.4, -0.2) is 77.0 Å². The van der Waals surface area contributed by atoms with Gasteiger partial charge in [-0.1, -0.05) is 0 Å². The maximum absolute atomic E-state index is 12.0. The van der Waals surface area contributed by atoms with Gasteiger partial charge in [-0.15, -0.1) is 0 Å². The predicted octanol–water partition coefficient (Wildman–Crippen LogP) is 1.23. The molecule has 2 aromatic rings. The van der Waals surface area contributed by atoms with E-state index < -0.39 is 27.6 Å². The van der Waals surface area contributed by atoms with Crippen LogP contribution in [0, 0.1) is 23.2 Å². The molecule has 2 aromatic heterocycles. The van der Waals surface area contributed by atoms with Crippen molar-refractivity contribution in [2.75, 3.05) is 25.9 Å². The summed E-state index contributed by atoms with van der Waals surface area (Å²) in [6, 6.07) is 4.23. The van der Waals surface area contributed by atoms with E-state index in [0.717, 1.165) is 23.1 Å². The van der Waals surface area contributed by atoms with Crippen molar-refractivity contribution in [2.45, 2.75) is 24.4 Å². The van der Waals surface area contributed by atoms with Crippen molar-refractivity contribution in [3.63, 3.8) is 0 Å². The molecule has 2 aliphatic heterocycles. The number of alkyl halides is 3. The summed E-state index contributed by atoms with van der Waals surface area (Å²) in [5.41, 5.74) is 4.00. The fourth-order valence-electron chi connectivity index (χ4n) is 4.42. The molecule has 0 amide bonds. The van der Waals surface area contributed by atoms with Crippen LogP contribution in [0.5, 0.6) is 0 Å². The number of hydrazone groups is 1. The minimum atomic E-state index is -5.08. The molecular weight excluding hydrogens is 479 g/mol. The van der Waals surface area contributed by atoms with Crippen molar-refractivity contribution in [3.05, 3.63) is 24.3 Å². The lowest BCUT2D eigenvalue weighted by molar-refractivity contribution is -0.192. The number of aromatic amines is 1. The number of nitrogens with zero attached hydrogens (tertiary/aromatic N) is 5. The number of fused-ring (bicyclic) bond motifs is 1. The third kappa shape index (κ3) is 5.12. The highest BCUT2D eigenvalue weighted by Gasteiger charge is 2.49. The number of halogens is 3. The smallest absolute Gasteiger partial charge is 0.475 e. The second kappa shape index (κ2) is 9.55. The first-order valence-corrected chi connectivity index (χ1v) is 11.9. The van der Waals surface area contributed by atoms with Crippen molar-refractivity contribution < 1.29 is 31.5 Å². The van der Waals surface area contributed by atoms with Gasteiger partial charge in [0.1, 0.15) is 12.0 Å². The Labute approximate surface area is 192 Å². The number of carboxylic acids is 1. The van der Waals surface area contributed by atoms with Gasteiger partial charge in [0, 0.05) is 43.9 Å². The highest BCUT2D eigenvalue weighted by Crippen LogP contribution is 2.43. The summed E-state index contributed by atoms with van der Waals surface area (Å²) in [5, 5.41) is 21.8. The molecule has 3 N–H and O–H groups in total. The number of nitriles is 1. The number of hydrogen-bond acceptors (Lipinski definition) is 8. The Hall–Kier alpha value is -3.25. The van der Waals surface area contributed by atoms with E-state index >= 15 is 0 Å². The molecule has 184 valence electrons. The number of hydrogen-bond donors (Lipinski definition) is 3. The molecule has 0 spiro atoms. The molecule has 2 aliphatic rings. The zero-order valence-electron chi connectivity index (χ0n) is 17.9. The Balaban J connectivity index is 0.000000406. The summed E-state index contributed by atoms with van der Waals surface area (Å²) in [6.07, 6.45) is 2.34. The second-order valence-electron chi connectivity index (χ2n) is 8.04. The molecule has 0 bridgehead atoms. The van der Waals surface area contributed by atoms with E-state index in [1.54, 1.807) is 0 Å². The summed E-state index contributed by atoms with van der Waals surface area (Å²) in [7, 11) is -3.25. The Morgan fingerprint density at radius 1 is 1.44 bits per heavy atom. The first kappa shape index (κ1) is 25.4. The van der Waals surface area contributed by atoms with Crippen LogP contribution in [0.15, 0.2) is 23.7 Å². The Bertz CT molecular complexity index is 1220. The fourth-order valence-corrected chi connectivity index (χ4v) is 5.32. The van der Waals surface area contributed by atoms with Crippen molar-refractivity contribution in [3.8, 4) is 6.07 Å². The van der Waals surface area contributed by atoms with E-state index in [4.69, 9.17) is 9.90 Å². The van der Waals surface area contributed by atoms with Crippen LogP contribution in [0.2, 0.25) is 0 Å². The van der Waals surface area contributed by atoms with E-state index in [-0.39, 0.29) is 11.8 Å². The molecule has 0 aromatic carbocycles. The summed E-state index contributed by atoms with van der Waals surface area (Å²) in [6.45, 7) is 1.42. The quantitative estimate of drug-likeness (QED) is 0.550. The molecule has 0 aliphatic carbocycles. The molecule has 11 nitrogen and oxygen atoms in total. The molecular formula is C19H22F3N7O4S. The van der Waals surface area contributed by atoms with Crippen molar-refractivity contribution in [1.29, 1.82) is 5.26 Å². The van der Waals surface area contributed by atoms with Crippen LogP contribution in [0.1, 0.15) is 18.5 Å². The van der Waals surface area contributed by atoms with Gasteiger partial charge in [0.05, 0.1) is 23.4 Å². The first-order chi connectivity index (χ1) is 15.9. The number of aliphatic carboxylic acids is 1. The number of carboxylic acid groups (broad SMARTS) is 1. The van der Waals surface area contributed by atoms with Gasteiger partial charge in [0.2, 0.25) is 10.0 Å². The maximum atomic E-state index is 12.0. The predicted molar refractivity (Wildman–Crippen MR) is 114 cm³/mol. The molecule has 34 heavy (non-hydrogen) atoms. The van der Waals surface area contributed by atoms with Crippen LogP contribution in [0.4, 0.5) is 13.2 Å². The molecule has 15 heteroatoms. The molecule has 3 unspecified atom stereocenters. The average Bonchev–Trinajstić information content (AvgIpc) is 3.52. The van der Waals surface area contributed by atoms with E-state index in [9.17, 15) is 26.9 Å². The van der Waals surface area contributed by atoms with Crippen molar-refractivity contribution in [1.82, 2.24) is 24.7 Å². The van der Waals surface area contributed by atoms with Crippen LogP contribution >= 0.6 is 0 Å². The van der Waals surface area contributed by atoms with Gasteiger partial charge < -0.3 is 15.5 Å². The van der Waals surface area contributed by atoms with Crippen LogP contribution < -0.4 is 5.43 Å². The molecule has 1 saturated heterocycles. The molecule has 4 rings (SSSR count). The first-order valence-electron chi connectivity index (χ1n) is 10.1. The highest BCUT2D eigenvalue weighted by molar-refractivity contribution is 7.88. The minimum Gasteiger partial charge on any atom is -0.475 e. The largest absolute Gasteiger partial charge is 0.490 e. The zero-order valence-corrected chi connectivity index (χ0v) is 18.8. The summed E-state index contributed by atoms with van der Waals surface area (Å²) < 4.78 is 57.2. The van der Waals surface area contributed by atoms with E-state index in [0.29, 0.717) is 26.1 Å². The van der Waals surface area contributed by atoms with Gasteiger partial charge in [0.15, 0.2) is 0 Å². The number of aromatic nitrogens is 3. The summed E-state index contributed by atoms with van der Waals surface area (Å²) in [5.74, 6) is -2.82. The Morgan fingerprint density at radius 2 is 2.15 bits per heavy atom. The number of carbonyl (C=O) groups is 1. The van der Waals surface area contributed by atoms with Gasteiger partial charge in [-0.2, -0.15) is 23.5 Å². The second-order valence-corrected chi connectivity index (χ2v) is 10.0. The number of rotatable bonds is 5. The number of sulfonamides is 1. The fraction of sp³-hybridized carbons (Fsp3) is 0.526. The van der Waals surface area contributed by atoms with Gasteiger partial charge in [-0.3, -0.25) is 0 Å². The van der Waals surface area contributed by atoms with Crippen molar-refractivity contribution in [2.24, 2.45) is 16.9 Å². The summed E-state index contributed by atoms with van der Waals surface area (Å²) >= 11 is 0. The standard InChI is InChI=1S/C17H21N7O2S.C2HF3O2/c1-27(25,26)24-7-4-12(8-24)14(2-5-18)17(9-22-23-10-17)15-13-3-6-19-16(13)21-11-20-15;3-2(4,5)1(6)7/h3,6,9,11-12,14,23H,2,4,7-8,10H2,1H3,(H,19,20,21);(H,6,7). The van der Waals surface area contributed by atoms with E-state index in [1.165, 1.54) is 16.9 Å². The SMILES string of the molecule is CS(=O)(=O)N1CCC(C(CC#N)C2(c3ncnc4[nH]ccc34)C=NNC2)C1.O=C(O)C(F)(F)F. The van der Waals surface area contributed by atoms with Crippen LogP contribution in [0.3, 0.4) is 0 Å². The van der Waals surface area contributed by atoms with Crippen LogP contribution in [0.25, 0.3) is 11.0 Å². The topological polar surface area (TPSA) is 164 Å². The van der Waals surface area contributed by atoms with E-state index in [2.05, 4.69) is 31.5 Å². The minimum absolute atomic E-state index is 0.0506. The number of nitrogens with one attached hydrogen (secondary N) is 2. The monoisotopic (exact) mass is 501 g/mol. The molecule has 3 atom stereocenters. The third-order valence-corrected chi connectivity index (χ3v) is 7.26. The van der Waals surface area contributed by atoms with Crippen molar-refractivity contribution >= 4 is 33.2 Å². The van der Waals surface area contributed by atoms with Gasteiger partial charge in [0.25, 0.3) is 0 Å². The zero-order chi connectivity index (χ0) is 25.1. The molecule has 0 radical (unpaired) electrons. The average molecular weight is 501 g/mol. The molecule has 1 fully saturated rings. The number of H-pyrrole nitrogens is 1. The van der Waals surface area contributed by atoms with Gasteiger partial charge >= 0.3 is 12.1 Å². The normalized spacial score (nSPS) is 23.7. The highest BCUT2D eigenvalue weighted by atomic mass is 32.2. The third-order valence-electron chi connectivity index (χ3n) is 5.99. The Morgan fingerprint density at radius 3 is 2.68 bits per heavy atom. The van der Waals surface area contributed by atoms with Gasteiger partial charge in [-0.05, 0) is 24.3 Å². The Kier molecular flexibility index (Phi) is 7.13. The lowest BCUT2D eigenvalue weighted by Gasteiger charge is -2.37. The lowest BCUT2D eigenvalue weighted by Crippen LogP contribution is -2.45.